The second-order valence-corrected chi connectivity index (χ2v) is 4.50. The zero-order chi connectivity index (χ0) is 11.7. The van der Waals surface area contributed by atoms with E-state index >= 15 is 0 Å². The Balaban J connectivity index is 2.25. The van der Waals surface area contributed by atoms with E-state index < -0.39 is 0 Å². The van der Waals surface area contributed by atoms with E-state index in [-0.39, 0.29) is 17.7 Å². The molecule has 4 heteroatoms. The third-order valence-corrected chi connectivity index (χ3v) is 3.23. The van der Waals surface area contributed by atoms with E-state index in [1.165, 1.54) is 0 Å². The lowest BCUT2D eigenvalue weighted by Gasteiger charge is -2.15. The second-order valence-electron chi connectivity index (χ2n) is 4.50. The summed E-state index contributed by atoms with van der Waals surface area (Å²) in [7, 11) is 2.01. The van der Waals surface area contributed by atoms with Crippen LogP contribution in [-0.4, -0.2) is 30.9 Å². The molecule has 1 aliphatic heterocycles. The summed E-state index contributed by atoms with van der Waals surface area (Å²) in [6, 6.07) is 7.70. The predicted molar refractivity (Wildman–Crippen MR) is 63.8 cm³/mol. The number of benzene rings is 1. The third-order valence-electron chi connectivity index (χ3n) is 3.23. The highest BCUT2D eigenvalue weighted by atomic mass is 16.1. The van der Waals surface area contributed by atoms with Gasteiger partial charge in [0.1, 0.15) is 0 Å². The van der Waals surface area contributed by atoms with Crippen molar-refractivity contribution in [1.29, 1.82) is 0 Å². The van der Waals surface area contributed by atoms with E-state index in [0.717, 1.165) is 24.3 Å². The molecule has 1 heterocycles. The summed E-state index contributed by atoms with van der Waals surface area (Å²) in [5, 5.41) is 0. The van der Waals surface area contributed by atoms with Gasteiger partial charge in [0, 0.05) is 24.7 Å². The van der Waals surface area contributed by atoms with Crippen LogP contribution in [0.4, 0.5) is 5.69 Å². The fourth-order valence-corrected chi connectivity index (χ4v) is 2.37. The Morgan fingerprint density at radius 3 is 2.50 bits per heavy atom. The van der Waals surface area contributed by atoms with Gasteiger partial charge in [-0.05, 0) is 24.7 Å². The molecule has 2 unspecified atom stereocenters. The zero-order valence-corrected chi connectivity index (χ0v) is 9.39. The molecule has 1 fully saturated rings. The highest BCUT2D eigenvalue weighted by Gasteiger charge is 2.35. The maximum Gasteiger partial charge on any atom is 0.222 e. The molecular formula is C12H17N3O. The van der Waals surface area contributed by atoms with Crippen LogP contribution in [0.5, 0.6) is 0 Å². The Hall–Kier alpha value is -1.55. The Morgan fingerprint density at radius 2 is 1.94 bits per heavy atom. The monoisotopic (exact) mass is 219 g/mol. The molecule has 1 aromatic carbocycles. The number of nitrogens with two attached hydrogens (primary N) is 2. The normalized spacial score (nSPS) is 25.8. The summed E-state index contributed by atoms with van der Waals surface area (Å²) in [4.78, 5) is 13.5. The highest BCUT2D eigenvalue weighted by Crippen LogP contribution is 2.31. The van der Waals surface area contributed by atoms with Crippen molar-refractivity contribution in [3.05, 3.63) is 29.8 Å². The number of likely N-dealkylation sites (tertiary alicyclic amines) is 1. The molecule has 0 aromatic heterocycles. The number of hydrogen-bond acceptors (Lipinski definition) is 3. The number of hydrogen-bond donors (Lipinski definition) is 2. The van der Waals surface area contributed by atoms with Gasteiger partial charge in [-0.1, -0.05) is 12.1 Å². The van der Waals surface area contributed by atoms with Gasteiger partial charge in [-0.2, -0.15) is 0 Å². The lowest BCUT2D eigenvalue weighted by molar-refractivity contribution is -0.121. The Labute approximate surface area is 95.2 Å². The van der Waals surface area contributed by atoms with Crippen LogP contribution < -0.4 is 11.5 Å². The summed E-state index contributed by atoms with van der Waals surface area (Å²) >= 11 is 0. The molecule has 4 nitrogen and oxygen atoms in total. The van der Waals surface area contributed by atoms with Crippen molar-refractivity contribution in [2.24, 2.45) is 11.7 Å². The van der Waals surface area contributed by atoms with Gasteiger partial charge in [-0.25, -0.2) is 0 Å². The average Bonchev–Trinajstić information content (AvgIpc) is 2.61. The standard InChI is InChI=1S/C12H17N3O/c1-15-6-10(11(7-15)12(14)16)8-2-4-9(13)5-3-8/h2-5,10-11H,6-7,13H2,1H3,(H2,14,16). The minimum atomic E-state index is -0.217. The van der Waals surface area contributed by atoms with Gasteiger partial charge in [0.05, 0.1) is 5.92 Å². The first-order chi connectivity index (χ1) is 7.58. The lowest BCUT2D eigenvalue weighted by Crippen LogP contribution is -2.28. The molecule has 86 valence electrons. The van der Waals surface area contributed by atoms with Crippen LogP contribution in [0, 0.1) is 5.92 Å². The maximum absolute atomic E-state index is 11.4. The summed E-state index contributed by atoms with van der Waals surface area (Å²) in [6.45, 7) is 1.61. The first kappa shape index (κ1) is 11.0. The topological polar surface area (TPSA) is 72.3 Å². The van der Waals surface area contributed by atoms with Crippen molar-refractivity contribution >= 4 is 11.6 Å². The van der Waals surface area contributed by atoms with Crippen LogP contribution in [0.25, 0.3) is 0 Å². The molecule has 2 atom stereocenters. The van der Waals surface area contributed by atoms with Crippen LogP contribution in [0.1, 0.15) is 11.5 Å². The number of primary amides is 1. The number of amides is 1. The number of carbonyl (C=O) groups is 1. The molecule has 2 rings (SSSR count). The minimum Gasteiger partial charge on any atom is -0.399 e. The van der Waals surface area contributed by atoms with Crippen LogP contribution in [-0.2, 0) is 4.79 Å². The van der Waals surface area contributed by atoms with Gasteiger partial charge < -0.3 is 16.4 Å². The quantitative estimate of drug-likeness (QED) is 0.707. The van der Waals surface area contributed by atoms with Gasteiger partial charge in [0.15, 0.2) is 0 Å². The molecule has 1 aromatic rings. The molecule has 0 radical (unpaired) electrons. The zero-order valence-electron chi connectivity index (χ0n) is 9.39. The van der Waals surface area contributed by atoms with Crippen molar-refractivity contribution in [3.8, 4) is 0 Å². The molecule has 0 spiro atoms. The van der Waals surface area contributed by atoms with Crippen LogP contribution in [0.3, 0.4) is 0 Å². The molecule has 0 saturated carbocycles. The van der Waals surface area contributed by atoms with Crippen LogP contribution in [0.2, 0.25) is 0 Å². The molecule has 16 heavy (non-hydrogen) atoms. The van der Waals surface area contributed by atoms with Crippen LogP contribution in [0.15, 0.2) is 24.3 Å². The summed E-state index contributed by atoms with van der Waals surface area (Å²) in [5.74, 6) is -0.108. The van der Waals surface area contributed by atoms with E-state index in [9.17, 15) is 4.79 Å². The Kier molecular flexibility index (Phi) is 2.83. The van der Waals surface area contributed by atoms with Crippen molar-refractivity contribution in [1.82, 2.24) is 4.90 Å². The molecule has 1 aliphatic rings. The van der Waals surface area contributed by atoms with Gasteiger partial charge in [-0.3, -0.25) is 4.79 Å². The van der Waals surface area contributed by atoms with Crippen molar-refractivity contribution in [2.45, 2.75) is 5.92 Å². The molecule has 4 N–H and O–H groups in total. The molecule has 0 aliphatic carbocycles. The highest BCUT2D eigenvalue weighted by molar-refractivity contribution is 5.78. The first-order valence-electron chi connectivity index (χ1n) is 5.41. The summed E-state index contributed by atoms with van der Waals surface area (Å²) in [6.07, 6.45) is 0. The molecule has 1 amide bonds. The van der Waals surface area contributed by atoms with Crippen molar-refractivity contribution in [2.75, 3.05) is 25.9 Å². The predicted octanol–water partition coefficient (Wildman–Crippen LogP) is 0.399. The van der Waals surface area contributed by atoms with Crippen LogP contribution >= 0.6 is 0 Å². The Bertz CT molecular complexity index is 388. The molecule has 0 bridgehead atoms. The third kappa shape index (κ3) is 2.02. The van der Waals surface area contributed by atoms with Gasteiger partial charge in [-0.15, -0.1) is 0 Å². The first-order valence-corrected chi connectivity index (χ1v) is 5.41. The number of carbonyl (C=O) groups excluding carboxylic acids is 1. The number of likely N-dealkylation sites (N-methyl/N-ethyl adjacent to an activating group) is 1. The van der Waals surface area contributed by atoms with Gasteiger partial charge in [0.2, 0.25) is 5.91 Å². The van der Waals surface area contributed by atoms with E-state index in [1.807, 2.05) is 31.3 Å². The van der Waals surface area contributed by atoms with E-state index in [2.05, 4.69) is 4.90 Å². The van der Waals surface area contributed by atoms with Gasteiger partial charge >= 0.3 is 0 Å². The molecular weight excluding hydrogens is 202 g/mol. The number of rotatable bonds is 2. The summed E-state index contributed by atoms with van der Waals surface area (Å²) < 4.78 is 0. The number of nitrogen functional groups attached to an aromatic ring is 1. The number of nitrogens with zero attached hydrogens (tertiary/aromatic N) is 1. The Morgan fingerprint density at radius 1 is 1.31 bits per heavy atom. The van der Waals surface area contributed by atoms with Crippen molar-refractivity contribution < 1.29 is 4.79 Å². The fourth-order valence-electron chi connectivity index (χ4n) is 2.37. The maximum atomic E-state index is 11.4. The van der Waals surface area contributed by atoms with E-state index in [1.54, 1.807) is 0 Å². The average molecular weight is 219 g/mol. The number of anilines is 1. The smallest absolute Gasteiger partial charge is 0.222 e. The van der Waals surface area contributed by atoms with E-state index in [0.29, 0.717) is 0 Å². The second kappa shape index (κ2) is 4.14. The lowest BCUT2D eigenvalue weighted by atomic mass is 9.88. The van der Waals surface area contributed by atoms with Crippen molar-refractivity contribution in [3.63, 3.8) is 0 Å². The SMILES string of the molecule is CN1CC(C(N)=O)C(c2ccc(N)cc2)C1. The van der Waals surface area contributed by atoms with Gasteiger partial charge in [0.25, 0.3) is 0 Å². The fraction of sp³-hybridized carbons (Fsp3) is 0.417. The molecule has 1 saturated heterocycles. The largest absolute Gasteiger partial charge is 0.399 e. The minimum absolute atomic E-state index is 0.0892. The summed E-state index contributed by atoms with van der Waals surface area (Å²) in [5.41, 5.74) is 13.0. The van der Waals surface area contributed by atoms with E-state index in [4.69, 9.17) is 11.5 Å².